The first-order valence-electron chi connectivity index (χ1n) is 9.76. The van der Waals surface area contributed by atoms with Crippen molar-refractivity contribution in [3.8, 4) is 0 Å². The number of rotatable bonds is 7. The van der Waals surface area contributed by atoms with Crippen molar-refractivity contribution in [2.75, 3.05) is 52.5 Å². The molecule has 2 amide bonds. The van der Waals surface area contributed by atoms with E-state index in [-0.39, 0.29) is 18.2 Å². The van der Waals surface area contributed by atoms with Gasteiger partial charge in [0.15, 0.2) is 0 Å². The highest BCUT2D eigenvalue weighted by molar-refractivity contribution is 5.88. The molecule has 1 aromatic carbocycles. The zero-order valence-electron chi connectivity index (χ0n) is 16.1. The Balaban J connectivity index is 1.51. The van der Waals surface area contributed by atoms with Crippen LogP contribution in [0.5, 0.6) is 0 Å². The first-order valence-corrected chi connectivity index (χ1v) is 9.76. The molecule has 148 valence electrons. The molecule has 0 saturated carbocycles. The summed E-state index contributed by atoms with van der Waals surface area (Å²) in [5, 5.41) is 5.86. The lowest BCUT2D eigenvalue weighted by Crippen LogP contribution is -2.56. The maximum atomic E-state index is 12.4. The second-order valence-electron chi connectivity index (χ2n) is 7.21. The molecule has 3 rings (SSSR count). The second kappa shape index (κ2) is 9.82. The predicted octanol–water partition coefficient (Wildman–Crippen LogP) is 0.134. The number of hydrogen-bond acceptors (Lipinski definition) is 5. The lowest BCUT2D eigenvalue weighted by atomic mass is 10.0. The summed E-state index contributed by atoms with van der Waals surface area (Å²) >= 11 is 0. The van der Waals surface area contributed by atoms with Gasteiger partial charge < -0.3 is 15.4 Å². The number of piperazine rings is 1. The Morgan fingerprint density at radius 3 is 2.81 bits per heavy atom. The minimum Gasteiger partial charge on any atom is -0.379 e. The van der Waals surface area contributed by atoms with Gasteiger partial charge in [0, 0.05) is 45.8 Å². The van der Waals surface area contributed by atoms with Crippen molar-refractivity contribution < 1.29 is 14.3 Å². The van der Waals surface area contributed by atoms with Gasteiger partial charge in [-0.3, -0.25) is 19.4 Å². The fraction of sp³-hybridized carbons (Fsp3) is 0.600. The van der Waals surface area contributed by atoms with Gasteiger partial charge in [0.1, 0.15) is 0 Å². The molecule has 2 saturated heterocycles. The average Bonchev–Trinajstić information content (AvgIpc) is 2.67. The molecule has 0 aliphatic carbocycles. The number of carbonyl (C=O) groups is 2. The molecule has 1 aromatic rings. The highest BCUT2D eigenvalue weighted by atomic mass is 16.5. The Kier molecular flexibility index (Phi) is 7.20. The minimum atomic E-state index is -0.415. The van der Waals surface area contributed by atoms with E-state index in [0.29, 0.717) is 19.6 Å². The number of aryl methyl sites for hydroxylation is 1. The second-order valence-corrected chi connectivity index (χ2v) is 7.21. The average molecular weight is 374 g/mol. The topological polar surface area (TPSA) is 73.9 Å². The van der Waals surface area contributed by atoms with Crippen LogP contribution < -0.4 is 10.6 Å². The summed E-state index contributed by atoms with van der Waals surface area (Å²) in [5.74, 6) is -0.127. The van der Waals surface area contributed by atoms with E-state index in [2.05, 4.69) is 39.5 Å². The number of morpholine rings is 1. The lowest BCUT2D eigenvalue weighted by molar-refractivity contribution is -0.134. The fourth-order valence-electron chi connectivity index (χ4n) is 3.61. The molecule has 2 aliphatic heterocycles. The molecule has 2 aliphatic rings. The SMILES string of the molecule is Cc1ccccc1CN1CCNC(=O)[C@H]1CC(=O)NCCN1CCOCC1. The number of amides is 2. The van der Waals surface area contributed by atoms with E-state index in [4.69, 9.17) is 4.74 Å². The Labute approximate surface area is 161 Å². The van der Waals surface area contributed by atoms with Gasteiger partial charge in [0.05, 0.1) is 25.7 Å². The number of nitrogens with one attached hydrogen (secondary N) is 2. The third-order valence-corrected chi connectivity index (χ3v) is 5.31. The minimum absolute atomic E-state index is 0.0573. The van der Waals surface area contributed by atoms with E-state index < -0.39 is 6.04 Å². The van der Waals surface area contributed by atoms with Gasteiger partial charge in [-0.15, -0.1) is 0 Å². The van der Waals surface area contributed by atoms with Gasteiger partial charge in [-0.25, -0.2) is 0 Å². The molecule has 1 atom stereocenters. The summed E-state index contributed by atoms with van der Waals surface area (Å²) in [6.45, 7) is 8.89. The molecule has 7 heteroatoms. The number of hydrogen-bond donors (Lipinski definition) is 2. The summed E-state index contributed by atoms with van der Waals surface area (Å²) in [4.78, 5) is 29.2. The van der Waals surface area contributed by atoms with E-state index in [1.54, 1.807) is 0 Å². The molecule has 2 heterocycles. The third-order valence-electron chi connectivity index (χ3n) is 5.31. The zero-order valence-corrected chi connectivity index (χ0v) is 16.1. The monoisotopic (exact) mass is 374 g/mol. The predicted molar refractivity (Wildman–Crippen MR) is 103 cm³/mol. The van der Waals surface area contributed by atoms with E-state index >= 15 is 0 Å². The van der Waals surface area contributed by atoms with Crippen LogP contribution in [0.3, 0.4) is 0 Å². The van der Waals surface area contributed by atoms with Gasteiger partial charge in [-0.2, -0.15) is 0 Å². The standard InChI is InChI=1S/C20H30N4O3/c1-16-4-2-3-5-17(16)15-24-9-7-22-20(26)18(24)14-19(25)21-6-8-23-10-12-27-13-11-23/h2-5,18H,6-15H2,1H3,(H,21,25)(H,22,26)/t18-/m1/s1. The quantitative estimate of drug-likeness (QED) is 0.710. The van der Waals surface area contributed by atoms with Crippen LogP contribution in [0.15, 0.2) is 24.3 Å². The van der Waals surface area contributed by atoms with Crippen molar-refractivity contribution >= 4 is 11.8 Å². The molecule has 27 heavy (non-hydrogen) atoms. The Morgan fingerprint density at radius 2 is 2.04 bits per heavy atom. The van der Waals surface area contributed by atoms with Crippen LogP contribution in [-0.4, -0.2) is 80.1 Å². The van der Waals surface area contributed by atoms with Crippen molar-refractivity contribution in [3.63, 3.8) is 0 Å². The lowest BCUT2D eigenvalue weighted by Gasteiger charge is -2.35. The first kappa shape index (κ1) is 19.8. The van der Waals surface area contributed by atoms with Crippen LogP contribution in [0.25, 0.3) is 0 Å². The van der Waals surface area contributed by atoms with Crippen molar-refractivity contribution in [2.24, 2.45) is 0 Å². The normalized spacial score (nSPS) is 21.7. The maximum Gasteiger partial charge on any atom is 0.237 e. The molecule has 0 spiro atoms. The fourth-order valence-corrected chi connectivity index (χ4v) is 3.61. The number of nitrogens with zero attached hydrogens (tertiary/aromatic N) is 2. The summed E-state index contributed by atoms with van der Waals surface area (Å²) < 4.78 is 5.33. The number of ether oxygens (including phenoxy) is 1. The summed E-state index contributed by atoms with van der Waals surface area (Å²) in [7, 11) is 0. The van der Waals surface area contributed by atoms with Crippen LogP contribution in [-0.2, 0) is 20.9 Å². The molecule has 0 aromatic heterocycles. The van der Waals surface area contributed by atoms with Crippen LogP contribution in [0.4, 0.5) is 0 Å². The van der Waals surface area contributed by atoms with Crippen molar-refractivity contribution in [1.82, 2.24) is 20.4 Å². The Bertz CT molecular complexity index is 646. The number of carbonyl (C=O) groups excluding carboxylic acids is 2. The molecule has 0 radical (unpaired) electrons. The molecule has 0 unspecified atom stereocenters. The van der Waals surface area contributed by atoms with Crippen LogP contribution in [0, 0.1) is 6.92 Å². The van der Waals surface area contributed by atoms with Crippen LogP contribution in [0.2, 0.25) is 0 Å². The van der Waals surface area contributed by atoms with Crippen LogP contribution in [0.1, 0.15) is 17.5 Å². The van der Waals surface area contributed by atoms with Gasteiger partial charge in [-0.1, -0.05) is 24.3 Å². The molecular formula is C20H30N4O3. The van der Waals surface area contributed by atoms with E-state index in [1.165, 1.54) is 11.1 Å². The summed E-state index contributed by atoms with van der Waals surface area (Å²) in [6, 6.07) is 7.77. The highest BCUT2D eigenvalue weighted by Crippen LogP contribution is 2.16. The Morgan fingerprint density at radius 1 is 1.26 bits per heavy atom. The smallest absolute Gasteiger partial charge is 0.237 e. The van der Waals surface area contributed by atoms with Gasteiger partial charge in [-0.05, 0) is 18.1 Å². The van der Waals surface area contributed by atoms with E-state index in [0.717, 1.165) is 39.4 Å². The largest absolute Gasteiger partial charge is 0.379 e. The van der Waals surface area contributed by atoms with E-state index in [1.807, 2.05) is 12.1 Å². The van der Waals surface area contributed by atoms with Crippen molar-refractivity contribution in [2.45, 2.75) is 25.9 Å². The first-order chi connectivity index (χ1) is 13.1. The molecule has 0 bridgehead atoms. The zero-order chi connectivity index (χ0) is 19.1. The molecule has 2 fully saturated rings. The van der Waals surface area contributed by atoms with Gasteiger partial charge in [0.25, 0.3) is 0 Å². The highest BCUT2D eigenvalue weighted by Gasteiger charge is 2.31. The molecule has 7 nitrogen and oxygen atoms in total. The maximum absolute atomic E-state index is 12.4. The molecular weight excluding hydrogens is 344 g/mol. The Hall–Kier alpha value is -1.96. The van der Waals surface area contributed by atoms with Crippen molar-refractivity contribution in [1.29, 1.82) is 0 Å². The number of benzene rings is 1. The summed E-state index contributed by atoms with van der Waals surface area (Å²) in [5.41, 5.74) is 2.40. The van der Waals surface area contributed by atoms with Gasteiger partial charge in [0.2, 0.25) is 11.8 Å². The van der Waals surface area contributed by atoms with Crippen molar-refractivity contribution in [3.05, 3.63) is 35.4 Å². The summed E-state index contributed by atoms with van der Waals surface area (Å²) in [6.07, 6.45) is 0.195. The third kappa shape index (κ3) is 5.76. The molecule has 2 N–H and O–H groups in total. The van der Waals surface area contributed by atoms with Gasteiger partial charge >= 0.3 is 0 Å². The van der Waals surface area contributed by atoms with Crippen LogP contribution >= 0.6 is 0 Å². The van der Waals surface area contributed by atoms with E-state index in [9.17, 15) is 9.59 Å².